The Balaban J connectivity index is 1.85. The molecule has 1 unspecified atom stereocenters. The van der Waals surface area contributed by atoms with Crippen molar-refractivity contribution < 1.29 is 13.6 Å². The van der Waals surface area contributed by atoms with Gasteiger partial charge in [-0.1, -0.05) is 0 Å². The molecule has 2 rings (SSSR count). The van der Waals surface area contributed by atoms with Crippen molar-refractivity contribution in [3.05, 3.63) is 0 Å². The molecule has 2 aliphatic rings. The average molecular weight is 204 g/mol. The van der Waals surface area contributed by atoms with Gasteiger partial charge in [0.25, 0.3) is 5.91 Å². The van der Waals surface area contributed by atoms with E-state index in [0.29, 0.717) is 12.1 Å². The first kappa shape index (κ1) is 9.83. The van der Waals surface area contributed by atoms with Crippen molar-refractivity contribution in [3.63, 3.8) is 0 Å². The molecule has 14 heavy (non-hydrogen) atoms. The van der Waals surface area contributed by atoms with Crippen LogP contribution in [0.5, 0.6) is 0 Å². The Labute approximate surface area is 81.2 Å². The summed E-state index contributed by atoms with van der Waals surface area (Å²) < 4.78 is 23.9. The molecule has 2 heterocycles. The summed E-state index contributed by atoms with van der Waals surface area (Å²) in [6.07, 6.45) is 0.893. The molecular formula is C9H14F2N2O. The average Bonchev–Trinajstić information content (AvgIpc) is 2.45. The zero-order valence-electron chi connectivity index (χ0n) is 7.80. The smallest absolute Gasteiger partial charge is 0.315 e. The van der Waals surface area contributed by atoms with Crippen molar-refractivity contribution in [3.8, 4) is 0 Å². The summed E-state index contributed by atoms with van der Waals surface area (Å²) in [5.74, 6) is -1.13. The summed E-state index contributed by atoms with van der Waals surface area (Å²) in [7, 11) is 0. The van der Waals surface area contributed by atoms with Gasteiger partial charge in [-0.3, -0.25) is 4.79 Å². The van der Waals surface area contributed by atoms with Gasteiger partial charge in [0, 0.05) is 18.1 Å². The number of alkyl halides is 2. The summed E-state index contributed by atoms with van der Waals surface area (Å²) in [4.78, 5) is 10.8. The highest BCUT2D eigenvalue weighted by Crippen LogP contribution is 2.26. The van der Waals surface area contributed by atoms with E-state index in [2.05, 4.69) is 10.6 Å². The number of carbonyl (C=O) groups excluding carboxylic acids is 1. The number of halogens is 2. The number of carbonyl (C=O) groups is 1. The standard InChI is InChI=1S/C9H14F2N2O/c10-8(11)9(14)13-7-3-5-1-2-6(4-7)12-5/h5-8,12H,1-4H2,(H,13,14)/t5-,6+,7?. The fourth-order valence-electron chi connectivity index (χ4n) is 2.44. The zero-order chi connectivity index (χ0) is 10.1. The minimum atomic E-state index is -2.89. The highest BCUT2D eigenvalue weighted by Gasteiger charge is 2.34. The Hall–Kier alpha value is -0.710. The molecule has 2 N–H and O–H groups in total. The molecule has 0 saturated carbocycles. The van der Waals surface area contributed by atoms with Gasteiger partial charge in [0.05, 0.1) is 0 Å². The maximum absolute atomic E-state index is 12.0. The molecule has 1 amide bonds. The lowest BCUT2D eigenvalue weighted by Crippen LogP contribution is -2.49. The quantitative estimate of drug-likeness (QED) is 0.693. The van der Waals surface area contributed by atoms with Gasteiger partial charge < -0.3 is 10.6 Å². The lowest BCUT2D eigenvalue weighted by molar-refractivity contribution is -0.132. The van der Waals surface area contributed by atoms with Crippen molar-refractivity contribution in [1.29, 1.82) is 0 Å². The van der Waals surface area contributed by atoms with E-state index in [1.807, 2.05) is 0 Å². The van der Waals surface area contributed by atoms with Crippen LogP contribution in [0.25, 0.3) is 0 Å². The van der Waals surface area contributed by atoms with Crippen LogP contribution in [-0.4, -0.2) is 30.5 Å². The molecule has 3 nitrogen and oxygen atoms in total. The number of amides is 1. The Morgan fingerprint density at radius 1 is 1.29 bits per heavy atom. The molecule has 0 radical (unpaired) electrons. The molecule has 0 aromatic carbocycles. The monoisotopic (exact) mass is 204 g/mol. The fraction of sp³-hybridized carbons (Fsp3) is 0.889. The molecule has 2 bridgehead atoms. The lowest BCUT2D eigenvalue weighted by Gasteiger charge is -2.29. The van der Waals surface area contributed by atoms with Crippen molar-refractivity contribution in [2.24, 2.45) is 0 Å². The second-order valence-electron chi connectivity index (χ2n) is 4.12. The third kappa shape index (κ3) is 2.03. The van der Waals surface area contributed by atoms with Crippen LogP contribution in [0.2, 0.25) is 0 Å². The largest absolute Gasteiger partial charge is 0.348 e. The molecule has 0 aromatic rings. The van der Waals surface area contributed by atoms with Gasteiger partial charge in [0.15, 0.2) is 0 Å². The van der Waals surface area contributed by atoms with E-state index in [4.69, 9.17) is 0 Å². The van der Waals surface area contributed by atoms with Crippen LogP contribution in [-0.2, 0) is 4.79 Å². The van der Waals surface area contributed by atoms with Gasteiger partial charge in [-0.25, -0.2) is 0 Å². The van der Waals surface area contributed by atoms with Gasteiger partial charge in [-0.05, 0) is 25.7 Å². The Kier molecular flexibility index (Phi) is 2.67. The third-order valence-electron chi connectivity index (χ3n) is 3.02. The van der Waals surface area contributed by atoms with E-state index in [-0.39, 0.29) is 6.04 Å². The highest BCUT2D eigenvalue weighted by molar-refractivity contribution is 5.79. The van der Waals surface area contributed by atoms with Gasteiger partial charge in [0.1, 0.15) is 0 Å². The van der Waals surface area contributed by atoms with Gasteiger partial charge in [-0.15, -0.1) is 0 Å². The lowest BCUT2D eigenvalue weighted by atomic mass is 10.00. The minimum Gasteiger partial charge on any atom is -0.348 e. The predicted molar refractivity (Wildman–Crippen MR) is 47.1 cm³/mol. The zero-order valence-corrected chi connectivity index (χ0v) is 7.80. The molecule has 2 saturated heterocycles. The second-order valence-corrected chi connectivity index (χ2v) is 4.12. The Morgan fingerprint density at radius 2 is 1.86 bits per heavy atom. The van der Waals surface area contributed by atoms with E-state index in [9.17, 15) is 13.6 Å². The van der Waals surface area contributed by atoms with E-state index in [1.165, 1.54) is 0 Å². The SMILES string of the molecule is O=C(NC1C[C@H]2CC[C@@H](C1)N2)C(F)F. The summed E-state index contributed by atoms with van der Waals surface area (Å²) in [6.45, 7) is 0. The number of piperidine rings is 1. The van der Waals surface area contributed by atoms with Crippen LogP contribution in [0.4, 0.5) is 8.78 Å². The van der Waals surface area contributed by atoms with Crippen LogP contribution in [0.15, 0.2) is 0 Å². The van der Waals surface area contributed by atoms with Gasteiger partial charge >= 0.3 is 6.43 Å². The molecule has 2 aliphatic heterocycles. The van der Waals surface area contributed by atoms with Crippen molar-refractivity contribution >= 4 is 5.91 Å². The van der Waals surface area contributed by atoms with Crippen molar-refractivity contribution in [1.82, 2.24) is 10.6 Å². The molecule has 2 fully saturated rings. The van der Waals surface area contributed by atoms with Crippen LogP contribution < -0.4 is 10.6 Å². The van der Waals surface area contributed by atoms with Crippen molar-refractivity contribution in [2.75, 3.05) is 0 Å². The summed E-state index contributed by atoms with van der Waals surface area (Å²) in [6, 6.07) is 0.767. The Bertz CT molecular complexity index is 223. The van der Waals surface area contributed by atoms with Crippen LogP contribution in [0.3, 0.4) is 0 Å². The molecule has 3 atom stereocenters. The van der Waals surface area contributed by atoms with Crippen LogP contribution in [0, 0.1) is 0 Å². The summed E-state index contributed by atoms with van der Waals surface area (Å²) in [5.41, 5.74) is 0. The molecule has 0 aliphatic carbocycles. The van der Waals surface area contributed by atoms with Crippen molar-refractivity contribution in [2.45, 2.75) is 50.2 Å². The highest BCUT2D eigenvalue weighted by atomic mass is 19.3. The van der Waals surface area contributed by atoms with Gasteiger partial charge in [0.2, 0.25) is 0 Å². The van der Waals surface area contributed by atoms with E-state index < -0.39 is 12.3 Å². The maximum atomic E-state index is 12.0. The predicted octanol–water partition coefficient (Wildman–Crippen LogP) is 0.651. The van der Waals surface area contributed by atoms with E-state index >= 15 is 0 Å². The number of hydrogen-bond donors (Lipinski definition) is 2. The molecular weight excluding hydrogens is 190 g/mol. The summed E-state index contributed by atoms with van der Waals surface area (Å²) >= 11 is 0. The number of hydrogen-bond acceptors (Lipinski definition) is 2. The first-order valence-corrected chi connectivity index (χ1v) is 4.99. The first-order chi connectivity index (χ1) is 6.65. The molecule has 5 heteroatoms. The van der Waals surface area contributed by atoms with E-state index in [1.54, 1.807) is 0 Å². The number of fused-ring (bicyclic) bond motifs is 2. The fourth-order valence-corrected chi connectivity index (χ4v) is 2.44. The van der Waals surface area contributed by atoms with Crippen LogP contribution in [0.1, 0.15) is 25.7 Å². The topological polar surface area (TPSA) is 41.1 Å². The second kappa shape index (κ2) is 3.81. The Morgan fingerprint density at radius 3 is 2.36 bits per heavy atom. The summed E-state index contributed by atoms with van der Waals surface area (Å²) in [5, 5.41) is 5.77. The molecule has 0 spiro atoms. The van der Waals surface area contributed by atoms with Crippen LogP contribution >= 0.6 is 0 Å². The third-order valence-corrected chi connectivity index (χ3v) is 3.02. The number of rotatable bonds is 2. The maximum Gasteiger partial charge on any atom is 0.315 e. The van der Waals surface area contributed by atoms with E-state index in [0.717, 1.165) is 25.7 Å². The normalized spacial score (nSPS) is 36.1. The first-order valence-electron chi connectivity index (χ1n) is 4.99. The minimum absolute atomic E-state index is 0.0600. The molecule has 80 valence electrons. The molecule has 0 aromatic heterocycles. The number of nitrogens with one attached hydrogen (secondary N) is 2. The van der Waals surface area contributed by atoms with Gasteiger partial charge in [-0.2, -0.15) is 8.78 Å².